The smallest absolute Gasteiger partial charge is 0.0677 e. The summed E-state index contributed by atoms with van der Waals surface area (Å²) in [5, 5.41) is 4.14. The molecule has 0 aliphatic rings. The third-order valence-corrected chi connectivity index (χ3v) is 4.57. The zero-order chi connectivity index (χ0) is 18.0. The maximum Gasteiger partial charge on any atom is 0.0677 e. The molecular formula is C20H30N2S. The van der Waals surface area contributed by atoms with Crippen molar-refractivity contribution in [3.05, 3.63) is 82.5 Å². The molecule has 0 heterocycles. The van der Waals surface area contributed by atoms with E-state index in [4.69, 9.17) is 0 Å². The highest BCUT2D eigenvalue weighted by Gasteiger charge is 2.08. The third-order valence-electron chi connectivity index (χ3n) is 3.28. The van der Waals surface area contributed by atoms with Crippen LogP contribution in [0.1, 0.15) is 20.8 Å². The van der Waals surface area contributed by atoms with E-state index in [2.05, 4.69) is 49.4 Å². The summed E-state index contributed by atoms with van der Waals surface area (Å²) in [7, 11) is 5.90. The molecule has 0 aromatic rings. The molecule has 0 rings (SSSR count). The summed E-state index contributed by atoms with van der Waals surface area (Å²) in [5.41, 5.74) is 4.14. The first-order valence-corrected chi connectivity index (χ1v) is 8.38. The molecule has 1 N–H and O–H groups in total. The van der Waals surface area contributed by atoms with Gasteiger partial charge in [0.05, 0.1) is 5.03 Å². The molecule has 2 nitrogen and oxygen atoms in total. The quantitative estimate of drug-likeness (QED) is 0.570. The van der Waals surface area contributed by atoms with Crippen molar-refractivity contribution in [2.45, 2.75) is 20.8 Å². The van der Waals surface area contributed by atoms with E-state index in [0.717, 1.165) is 32.4 Å². The van der Waals surface area contributed by atoms with Gasteiger partial charge in [-0.15, -0.1) is 0 Å². The Balaban J connectivity index is 5.75. The largest absolute Gasteiger partial charge is 0.392 e. The van der Waals surface area contributed by atoms with Gasteiger partial charge in [-0.3, -0.25) is 0 Å². The van der Waals surface area contributed by atoms with E-state index in [1.54, 1.807) is 17.8 Å². The van der Waals surface area contributed by atoms with Crippen LogP contribution in [0, 0.1) is 0 Å². The predicted molar refractivity (Wildman–Crippen MR) is 108 cm³/mol. The molecule has 126 valence electrons. The molecule has 0 saturated carbocycles. The molecule has 0 bridgehead atoms. The van der Waals surface area contributed by atoms with E-state index in [1.165, 1.54) is 0 Å². The number of nitrogens with one attached hydrogen (secondary N) is 1. The zero-order valence-corrected chi connectivity index (χ0v) is 16.2. The van der Waals surface area contributed by atoms with Crippen LogP contribution in [0.15, 0.2) is 82.5 Å². The Labute approximate surface area is 146 Å². The molecular weight excluding hydrogens is 300 g/mol. The molecule has 0 aliphatic heterocycles. The van der Waals surface area contributed by atoms with Gasteiger partial charge in [0.25, 0.3) is 0 Å². The topological polar surface area (TPSA) is 15.3 Å². The Morgan fingerprint density at radius 1 is 1.04 bits per heavy atom. The lowest BCUT2D eigenvalue weighted by molar-refractivity contribution is 0.553. The Hall–Kier alpha value is -1.87. The average Bonchev–Trinajstić information content (AvgIpc) is 2.55. The maximum absolute atomic E-state index is 4.10. The molecule has 0 radical (unpaired) electrons. The van der Waals surface area contributed by atoms with Gasteiger partial charge in [-0.25, -0.2) is 0 Å². The van der Waals surface area contributed by atoms with Crippen molar-refractivity contribution in [3.8, 4) is 0 Å². The highest BCUT2D eigenvalue weighted by atomic mass is 32.2. The lowest BCUT2D eigenvalue weighted by Crippen LogP contribution is -2.07. The second-order valence-electron chi connectivity index (χ2n) is 5.19. The van der Waals surface area contributed by atoms with E-state index >= 15 is 0 Å². The average molecular weight is 331 g/mol. The number of nitrogens with zero attached hydrogens (tertiary/aromatic N) is 1. The summed E-state index contributed by atoms with van der Waals surface area (Å²) in [5.74, 6) is 0. The normalized spacial score (nSPS) is 13.7. The van der Waals surface area contributed by atoms with Gasteiger partial charge in [0.15, 0.2) is 0 Å². The van der Waals surface area contributed by atoms with Crippen molar-refractivity contribution >= 4 is 11.8 Å². The first kappa shape index (κ1) is 21.1. The Morgan fingerprint density at radius 2 is 1.65 bits per heavy atom. The molecule has 0 amide bonds. The predicted octanol–water partition coefficient (Wildman–Crippen LogP) is 5.39. The fraction of sp³-hybridized carbons (Fsp3) is 0.300. The first-order valence-electron chi connectivity index (χ1n) is 7.57. The summed E-state index contributed by atoms with van der Waals surface area (Å²) in [4.78, 5) is 3.18. The third kappa shape index (κ3) is 7.29. The van der Waals surface area contributed by atoms with Gasteiger partial charge < -0.3 is 10.2 Å². The van der Waals surface area contributed by atoms with E-state index in [1.807, 2.05) is 46.8 Å². The second-order valence-corrected chi connectivity index (χ2v) is 6.31. The fourth-order valence-electron chi connectivity index (χ4n) is 1.62. The van der Waals surface area contributed by atoms with Crippen LogP contribution in [0.25, 0.3) is 0 Å². The van der Waals surface area contributed by atoms with Crippen LogP contribution in [-0.4, -0.2) is 26.0 Å². The molecule has 0 aliphatic carbocycles. The molecule has 0 spiro atoms. The van der Waals surface area contributed by atoms with Crippen molar-refractivity contribution in [2.24, 2.45) is 0 Å². The van der Waals surface area contributed by atoms with Crippen LogP contribution < -0.4 is 5.32 Å². The highest BCUT2D eigenvalue weighted by Crippen LogP contribution is 2.32. The van der Waals surface area contributed by atoms with Crippen LogP contribution >= 0.6 is 11.8 Å². The summed E-state index contributed by atoms with van der Waals surface area (Å²) in [6, 6.07) is 0. The first-order chi connectivity index (χ1) is 10.8. The molecule has 3 heteroatoms. The number of hydrogen-bond donors (Lipinski definition) is 1. The highest BCUT2D eigenvalue weighted by molar-refractivity contribution is 8.06. The zero-order valence-electron chi connectivity index (χ0n) is 15.4. The van der Waals surface area contributed by atoms with E-state index in [9.17, 15) is 0 Å². The van der Waals surface area contributed by atoms with Gasteiger partial charge in [0.2, 0.25) is 0 Å². The molecule has 0 unspecified atom stereocenters. The molecule has 0 aromatic heterocycles. The lowest BCUT2D eigenvalue weighted by atomic mass is 10.0. The van der Waals surface area contributed by atoms with Gasteiger partial charge in [0, 0.05) is 31.7 Å². The van der Waals surface area contributed by atoms with E-state index < -0.39 is 0 Å². The van der Waals surface area contributed by atoms with Gasteiger partial charge in [-0.1, -0.05) is 49.7 Å². The minimum Gasteiger partial charge on any atom is -0.392 e. The standard InChI is InChI=1S/C20H30N2S/c1-10-15(4)19(13-16(5)21-7)14-18(11-2)20(12-3)23-17(6)22(8)9/h10-14,21H,1,4,6H2,2-3,5,7-9H3/b16-13+,18-11+,19-14-,20-12-. The van der Waals surface area contributed by atoms with Crippen molar-refractivity contribution in [3.63, 3.8) is 0 Å². The monoisotopic (exact) mass is 330 g/mol. The number of thioether (sulfide) groups is 1. The van der Waals surface area contributed by atoms with Gasteiger partial charge in [0.1, 0.15) is 0 Å². The van der Waals surface area contributed by atoms with Gasteiger partial charge in [-0.05, 0) is 49.6 Å². The number of rotatable bonds is 9. The Bertz CT molecular complexity index is 572. The number of hydrogen-bond acceptors (Lipinski definition) is 3. The Morgan fingerprint density at radius 3 is 2.04 bits per heavy atom. The van der Waals surface area contributed by atoms with Crippen molar-refractivity contribution in [1.29, 1.82) is 0 Å². The minimum absolute atomic E-state index is 0.894. The summed E-state index contributed by atoms with van der Waals surface area (Å²) < 4.78 is 0. The van der Waals surface area contributed by atoms with Crippen LogP contribution in [0.3, 0.4) is 0 Å². The molecule has 0 fully saturated rings. The summed E-state index contributed by atoms with van der Waals surface area (Å²) >= 11 is 1.66. The van der Waals surface area contributed by atoms with Crippen LogP contribution in [-0.2, 0) is 0 Å². The molecule has 0 atom stereocenters. The lowest BCUT2D eigenvalue weighted by Gasteiger charge is -2.17. The van der Waals surface area contributed by atoms with Crippen molar-refractivity contribution in [2.75, 3.05) is 21.1 Å². The molecule has 23 heavy (non-hydrogen) atoms. The van der Waals surface area contributed by atoms with Crippen LogP contribution in [0.2, 0.25) is 0 Å². The van der Waals surface area contributed by atoms with Gasteiger partial charge in [-0.2, -0.15) is 0 Å². The maximum atomic E-state index is 4.10. The minimum atomic E-state index is 0.894. The molecule has 0 saturated heterocycles. The van der Waals surface area contributed by atoms with E-state index in [-0.39, 0.29) is 0 Å². The Kier molecular flexibility index (Phi) is 9.91. The van der Waals surface area contributed by atoms with Crippen molar-refractivity contribution in [1.82, 2.24) is 10.2 Å². The summed E-state index contributed by atoms with van der Waals surface area (Å²) in [6.45, 7) is 18.1. The van der Waals surface area contributed by atoms with Crippen LogP contribution in [0.5, 0.6) is 0 Å². The fourth-order valence-corrected chi connectivity index (χ4v) is 2.47. The van der Waals surface area contributed by atoms with Gasteiger partial charge >= 0.3 is 0 Å². The SMILES string of the molecule is C=CC(=C)C(=C\C(=C/C)C(=C\C)\SC(=C)N(C)C)/C=C(\C)NC. The van der Waals surface area contributed by atoms with Crippen LogP contribution in [0.4, 0.5) is 0 Å². The van der Waals surface area contributed by atoms with Crippen molar-refractivity contribution < 1.29 is 0 Å². The number of allylic oxidation sites excluding steroid dienone is 9. The summed E-state index contributed by atoms with van der Waals surface area (Å²) in [6.07, 6.45) is 10.2. The molecule has 0 aromatic carbocycles. The van der Waals surface area contributed by atoms with E-state index in [0.29, 0.717) is 0 Å². The second kappa shape index (κ2) is 10.8.